The number of aryl methyl sites for hydroxylation is 2. The van der Waals surface area contributed by atoms with Gasteiger partial charge < -0.3 is 0 Å². The largest absolute Gasteiger partial charge is 0.243 e. The maximum absolute atomic E-state index is 12.6. The van der Waals surface area contributed by atoms with Gasteiger partial charge in [-0.15, -0.1) is 11.6 Å². The fraction of sp³-hybridized carbons (Fsp3) is 0.571. The van der Waals surface area contributed by atoms with Crippen LogP contribution in [0.1, 0.15) is 24.0 Å². The molecule has 3 nitrogen and oxygen atoms in total. The Bertz CT molecular complexity index is 549. The van der Waals surface area contributed by atoms with Crippen molar-refractivity contribution in [2.75, 3.05) is 19.0 Å². The van der Waals surface area contributed by atoms with Crippen LogP contribution in [0.3, 0.4) is 0 Å². The lowest BCUT2D eigenvalue weighted by molar-refractivity contribution is 0.290. The molecule has 5 heteroatoms. The second-order valence-corrected chi connectivity index (χ2v) is 7.49. The van der Waals surface area contributed by atoms with E-state index < -0.39 is 10.0 Å². The highest BCUT2D eigenvalue weighted by atomic mass is 35.5. The summed E-state index contributed by atoms with van der Waals surface area (Å²) in [5.74, 6) is 1.07. The van der Waals surface area contributed by atoms with Crippen LogP contribution < -0.4 is 0 Å². The van der Waals surface area contributed by atoms with Crippen LogP contribution >= 0.6 is 11.6 Å². The first-order valence-corrected chi connectivity index (χ1v) is 8.56. The van der Waals surface area contributed by atoms with Crippen molar-refractivity contribution in [3.8, 4) is 0 Å². The molecule has 0 unspecified atom stereocenters. The highest BCUT2D eigenvalue weighted by Crippen LogP contribution is 2.26. The van der Waals surface area contributed by atoms with Crippen molar-refractivity contribution in [1.82, 2.24) is 4.31 Å². The summed E-state index contributed by atoms with van der Waals surface area (Å²) in [6, 6.07) is 5.57. The molecule has 0 atom stereocenters. The number of rotatable bonds is 3. The molecule has 0 amide bonds. The number of alkyl halides is 1. The summed E-state index contributed by atoms with van der Waals surface area (Å²) < 4.78 is 26.9. The highest BCUT2D eigenvalue weighted by Gasteiger charge is 2.30. The predicted molar refractivity (Wildman–Crippen MR) is 78.1 cm³/mol. The van der Waals surface area contributed by atoms with E-state index in [-0.39, 0.29) is 0 Å². The van der Waals surface area contributed by atoms with Crippen molar-refractivity contribution in [3.05, 3.63) is 29.3 Å². The van der Waals surface area contributed by atoms with Crippen LogP contribution in [0.25, 0.3) is 0 Å². The minimum atomic E-state index is -3.36. The van der Waals surface area contributed by atoms with Crippen LogP contribution in [0, 0.1) is 19.8 Å². The molecule has 0 radical (unpaired) electrons. The van der Waals surface area contributed by atoms with E-state index >= 15 is 0 Å². The Morgan fingerprint density at radius 2 is 1.89 bits per heavy atom. The standard InChI is InChI=1S/C14H20ClNO2S/c1-11-3-4-12(2)14(9-11)19(17,18)16-7-5-13(10-15)6-8-16/h3-4,9,13H,5-8,10H2,1-2H3. The molecule has 1 aromatic carbocycles. The van der Waals surface area contributed by atoms with E-state index in [1.165, 1.54) is 0 Å². The van der Waals surface area contributed by atoms with Gasteiger partial charge in [-0.2, -0.15) is 4.31 Å². The lowest BCUT2D eigenvalue weighted by atomic mass is 10.0. The monoisotopic (exact) mass is 301 g/mol. The maximum Gasteiger partial charge on any atom is 0.243 e. The molecular weight excluding hydrogens is 282 g/mol. The molecule has 1 aromatic rings. The first-order valence-electron chi connectivity index (χ1n) is 6.58. The third-order valence-electron chi connectivity index (χ3n) is 3.75. The normalized spacial score (nSPS) is 18.7. The number of sulfonamides is 1. The molecule has 0 aromatic heterocycles. The van der Waals surface area contributed by atoms with Gasteiger partial charge in [0.1, 0.15) is 0 Å². The van der Waals surface area contributed by atoms with Crippen LogP contribution in [0.2, 0.25) is 0 Å². The zero-order valence-corrected chi connectivity index (χ0v) is 13.0. The number of piperidine rings is 1. The second kappa shape index (κ2) is 5.81. The van der Waals surface area contributed by atoms with Crippen molar-refractivity contribution in [2.45, 2.75) is 31.6 Å². The third-order valence-corrected chi connectivity index (χ3v) is 6.23. The van der Waals surface area contributed by atoms with Crippen LogP contribution in [0.5, 0.6) is 0 Å². The molecule has 1 saturated heterocycles. The van der Waals surface area contributed by atoms with E-state index in [4.69, 9.17) is 11.6 Å². The molecule has 1 aliphatic heterocycles. The van der Waals surface area contributed by atoms with E-state index in [1.54, 1.807) is 10.4 Å². The summed E-state index contributed by atoms with van der Waals surface area (Å²) in [5, 5.41) is 0. The molecule has 0 bridgehead atoms. The number of nitrogens with zero attached hydrogens (tertiary/aromatic N) is 1. The van der Waals surface area contributed by atoms with Gasteiger partial charge in [-0.1, -0.05) is 12.1 Å². The van der Waals surface area contributed by atoms with E-state index in [0.29, 0.717) is 29.8 Å². The lowest BCUT2D eigenvalue weighted by Gasteiger charge is -2.30. The van der Waals surface area contributed by atoms with Crippen LogP contribution in [-0.2, 0) is 10.0 Å². The summed E-state index contributed by atoms with van der Waals surface area (Å²) in [4.78, 5) is 0.442. The zero-order valence-electron chi connectivity index (χ0n) is 11.4. The van der Waals surface area contributed by atoms with E-state index in [9.17, 15) is 8.42 Å². The van der Waals surface area contributed by atoms with Crippen molar-refractivity contribution in [3.63, 3.8) is 0 Å². The Morgan fingerprint density at radius 3 is 2.47 bits per heavy atom. The van der Waals surface area contributed by atoms with Gasteiger partial charge in [0.15, 0.2) is 0 Å². The summed E-state index contributed by atoms with van der Waals surface area (Å²) in [7, 11) is -3.36. The fourth-order valence-electron chi connectivity index (χ4n) is 2.43. The third kappa shape index (κ3) is 3.12. The molecule has 2 rings (SSSR count). The van der Waals surface area contributed by atoms with Crippen molar-refractivity contribution in [2.24, 2.45) is 5.92 Å². The molecule has 0 saturated carbocycles. The van der Waals surface area contributed by atoms with Gasteiger partial charge in [0, 0.05) is 19.0 Å². The minimum absolute atomic E-state index is 0.442. The molecule has 0 aliphatic carbocycles. The zero-order chi connectivity index (χ0) is 14.0. The first-order chi connectivity index (χ1) is 8.95. The number of benzene rings is 1. The fourth-order valence-corrected chi connectivity index (χ4v) is 4.52. The molecule has 1 fully saturated rings. The van der Waals surface area contributed by atoms with E-state index in [0.717, 1.165) is 24.0 Å². The van der Waals surface area contributed by atoms with Gasteiger partial charge in [-0.25, -0.2) is 8.42 Å². The van der Waals surface area contributed by atoms with E-state index in [1.807, 2.05) is 26.0 Å². The Kier molecular flexibility index (Phi) is 4.54. The summed E-state index contributed by atoms with van der Waals surface area (Å²) in [6.07, 6.45) is 1.71. The Labute approximate surface area is 120 Å². The van der Waals surface area contributed by atoms with Crippen LogP contribution in [-0.4, -0.2) is 31.7 Å². The van der Waals surface area contributed by atoms with Gasteiger partial charge in [0.05, 0.1) is 4.90 Å². The van der Waals surface area contributed by atoms with Gasteiger partial charge in [-0.3, -0.25) is 0 Å². The maximum atomic E-state index is 12.6. The second-order valence-electron chi connectivity index (χ2n) is 5.27. The molecular formula is C14H20ClNO2S. The first kappa shape index (κ1) is 14.8. The van der Waals surface area contributed by atoms with Gasteiger partial charge in [-0.05, 0) is 49.8 Å². The molecule has 1 heterocycles. The van der Waals surface area contributed by atoms with Crippen LogP contribution in [0.15, 0.2) is 23.1 Å². The predicted octanol–water partition coefficient (Wildman–Crippen LogP) is 2.94. The number of halogens is 1. The average Bonchev–Trinajstić information content (AvgIpc) is 2.41. The quantitative estimate of drug-likeness (QED) is 0.805. The number of hydrogen-bond acceptors (Lipinski definition) is 2. The molecule has 19 heavy (non-hydrogen) atoms. The summed E-state index contributed by atoms with van der Waals surface area (Å²) >= 11 is 5.84. The smallest absolute Gasteiger partial charge is 0.207 e. The molecule has 0 spiro atoms. The topological polar surface area (TPSA) is 37.4 Å². The molecule has 106 valence electrons. The van der Waals surface area contributed by atoms with E-state index in [2.05, 4.69) is 0 Å². The summed E-state index contributed by atoms with van der Waals surface area (Å²) in [5.41, 5.74) is 1.78. The van der Waals surface area contributed by atoms with Gasteiger partial charge in [0.2, 0.25) is 10.0 Å². The van der Waals surface area contributed by atoms with Gasteiger partial charge in [0.25, 0.3) is 0 Å². The van der Waals surface area contributed by atoms with Crippen molar-refractivity contribution in [1.29, 1.82) is 0 Å². The molecule has 1 aliphatic rings. The van der Waals surface area contributed by atoms with Crippen LogP contribution in [0.4, 0.5) is 0 Å². The van der Waals surface area contributed by atoms with Gasteiger partial charge >= 0.3 is 0 Å². The number of hydrogen-bond donors (Lipinski definition) is 0. The Hall–Kier alpha value is -0.580. The Morgan fingerprint density at radius 1 is 1.26 bits per heavy atom. The summed E-state index contributed by atoms with van der Waals surface area (Å²) in [6.45, 7) is 4.91. The molecule has 0 N–H and O–H groups in total. The highest BCUT2D eigenvalue weighted by molar-refractivity contribution is 7.89. The van der Waals surface area contributed by atoms with Crippen molar-refractivity contribution < 1.29 is 8.42 Å². The average molecular weight is 302 g/mol. The SMILES string of the molecule is Cc1ccc(C)c(S(=O)(=O)N2CCC(CCl)CC2)c1. The van der Waals surface area contributed by atoms with Crippen molar-refractivity contribution >= 4 is 21.6 Å². The Balaban J connectivity index is 2.26. The lowest BCUT2D eigenvalue weighted by Crippen LogP contribution is -2.39. The minimum Gasteiger partial charge on any atom is -0.207 e.